The molecule has 2 aliphatic heterocycles. The number of halogens is 1. The van der Waals surface area contributed by atoms with Crippen molar-refractivity contribution < 1.29 is 22.9 Å². The number of hydrogen-bond acceptors (Lipinski definition) is 8. The van der Waals surface area contributed by atoms with Gasteiger partial charge in [0, 0.05) is 6.20 Å². The first kappa shape index (κ1) is 17.8. The fraction of sp³-hybridized carbons (Fsp3) is 0.692. The molecule has 2 aliphatic rings. The first-order valence-electron chi connectivity index (χ1n) is 7.43. The molecule has 0 spiro atoms. The summed E-state index contributed by atoms with van der Waals surface area (Å²) >= 11 is 6.62. The highest BCUT2D eigenvalue weighted by Gasteiger charge is 2.60. The SMILES string of the molecule is CC(C)O[P@@]1(=O)OC[C@H]2O[C@@H](n3ccc(N)nc3=O)[C@](C)(Cl)[C@@H]2O1. The molecule has 134 valence electrons. The van der Waals surface area contributed by atoms with Gasteiger partial charge >= 0.3 is 13.5 Å². The highest BCUT2D eigenvalue weighted by molar-refractivity contribution is 7.48. The Morgan fingerprint density at radius 3 is 2.92 bits per heavy atom. The zero-order chi connectivity index (χ0) is 17.7. The number of aromatic nitrogens is 2. The zero-order valence-electron chi connectivity index (χ0n) is 13.4. The third kappa shape index (κ3) is 3.12. The number of nitrogens with two attached hydrogens (primary N) is 1. The normalized spacial score (nSPS) is 39.1. The number of hydrogen-bond donors (Lipinski definition) is 1. The van der Waals surface area contributed by atoms with Gasteiger partial charge in [-0.25, -0.2) is 9.36 Å². The van der Waals surface area contributed by atoms with Crippen LogP contribution in [-0.2, 0) is 22.9 Å². The van der Waals surface area contributed by atoms with Crippen LogP contribution in [-0.4, -0.2) is 39.3 Å². The van der Waals surface area contributed by atoms with Crippen molar-refractivity contribution in [3.8, 4) is 0 Å². The largest absolute Gasteiger partial charge is 0.475 e. The number of ether oxygens (including phenoxy) is 1. The lowest BCUT2D eigenvalue weighted by atomic mass is 10.0. The Balaban J connectivity index is 1.90. The van der Waals surface area contributed by atoms with E-state index in [0.717, 1.165) is 0 Å². The Morgan fingerprint density at radius 1 is 1.58 bits per heavy atom. The van der Waals surface area contributed by atoms with Crippen LogP contribution in [0.1, 0.15) is 27.0 Å². The predicted molar refractivity (Wildman–Crippen MR) is 85.7 cm³/mol. The maximum atomic E-state index is 12.6. The minimum absolute atomic E-state index is 0.0232. The van der Waals surface area contributed by atoms with E-state index in [0.29, 0.717) is 0 Å². The van der Waals surface area contributed by atoms with Crippen LogP contribution >= 0.6 is 19.4 Å². The summed E-state index contributed by atoms with van der Waals surface area (Å²) in [6.45, 7) is 5.04. The summed E-state index contributed by atoms with van der Waals surface area (Å²) < 4.78 is 35.6. The number of phosphoric ester groups is 1. The van der Waals surface area contributed by atoms with E-state index in [1.54, 1.807) is 20.8 Å². The Hall–Kier alpha value is -0.960. The van der Waals surface area contributed by atoms with Gasteiger partial charge in [0.15, 0.2) is 6.23 Å². The van der Waals surface area contributed by atoms with Crippen LogP contribution in [0.2, 0.25) is 0 Å². The van der Waals surface area contributed by atoms with Crippen molar-refractivity contribution in [1.29, 1.82) is 0 Å². The van der Waals surface area contributed by atoms with Gasteiger partial charge in [-0.1, -0.05) is 0 Å². The van der Waals surface area contributed by atoms with E-state index >= 15 is 0 Å². The number of rotatable bonds is 3. The molecule has 2 fully saturated rings. The van der Waals surface area contributed by atoms with E-state index in [1.165, 1.54) is 16.8 Å². The van der Waals surface area contributed by atoms with Crippen LogP contribution in [0.3, 0.4) is 0 Å². The molecule has 9 nitrogen and oxygen atoms in total. The maximum Gasteiger partial charge on any atom is 0.475 e. The second kappa shape index (κ2) is 6.09. The minimum atomic E-state index is -3.74. The molecule has 1 aromatic rings. The van der Waals surface area contributed by atoms with E-state index in [4.69, 9.17) is 35.6 Å². The molecule has 24 heavy (non-hydrogen) atoms. The minimum Gasteiger partial charge on any atom is -0.383 e. The summed E-state index contributed by atoms with van der Waals surface area (Å²) in [5, 5.41) is 0. The molecule has 2 N–H and O–H groups in total. The molecular formula is C13H19ClN3O6P. The first-order valence-corrected chi connectivity index (χ1v) is 9.26. The van der Waals surface area contributed by atoms with Crippen molar-refractivity contribution in [2.75, 3.05) is 12.3 Å². The average Bonchev–Trinajstić information content (AvgIpc) is 2.69. The van der Waals surface area contributed by atoms with Crippen molar-refractivity contribution in [2.45, 2.75) is 50.2 Å². The molecule has 5 atom stereocenters. The highest BCUT2D eigenvalue weighted by Crippen LogP contribution is 2.60. The van der Waals surface area contributed by atoms with Gasteiger partial charge in [0.1, 0.15) is 22.9 Å². The lowest BCUT2D eigenvalue weighted by molar-refractivity contribution is -0.0748. The van der Waals surface area contributed by atoms with Crippen LogP contribution < -0.4 is 11.4 Å². The summed E-state index contributed by atoms with van der Waals surface area (Å²) in [4.78, 5) is 14.6. The van der Waals surface area contributed by atoms with Gasteiger partial charge in [-0.05, 0) is 26.8 Å². The van der Waals surface area contributed by atoms with E-state index in [-0.39, 0.29) is 18.5 Å². The van der Waals surface area contributed by atoms with Crippen molar-refractivity contribution in [3.63, 3.8) is 0 Å². The Labute approximate surface area is 143 Å². The summed E-state index contributed by atoms with van der Waals surface area (Å²) in [6, 6.07) is 1.46. The Kier molecular flexibility index (Phi) is 4.53. The molecular weight excluding hydrogens is 361 g/mol. The molecule has 0 aromatic carbocycles. The molecule has 2 saturated heterocycles. The Bertz CT molecular complexity index is 739. The van der Waals surface area contributed by atoms with Crippen LogP contribution in [0.15, 0.2) is 17.1 Å². The second-order valence-corrected chi connectivity index (χ2v) is 8.53. The van der Waals surface area contributed by atoms with Crippen molar-refractivity contribution >= 4 is 25.2 Å². The molecule has 0 amide bonds. The third-order valence-corrected chi connectivity index (χ3v) is 5.80. The smallest absolute Gasteiger partial charge is 0.383 e. The van der Waals surface area contributed by atoms with Gasteiger partial charge in [0.25, 0.3) is 0 Å². The predicted octanol–water partition coefficient (Wildman–Crippen LogP) is 1.67. The van der Waals surface area contributed by atoms with E-state index in [9.17, 15) is 9.36 Å². The van der Waals surface area contributed by atoms with Crippen LogP contribution in [0.25, 0.3) is 0 Å². The van der Waals surface area contributed by atoms with Crippen molar-refractivity contribution in [1.82, 2.24) is 9.55 Å². The van der Waals surface area contributed by atoms with Gasteiger partial charge in [0.2, 0.25) is 0 Å². The molecule has 3 rings (SSSR count). The van der Waals surface area contributed by atoms with Crippen LogP contribution in [0.5, 0.6) is 0 Å². The lowest BCUT2D eigenvalue weighted by Crippen LogP contribution is -2.45. The molecule has 0 radical (unpaired) electrons. The maximum absolute atomic E-state index is 12.6. The lowest BCUT2D eigenvalue weighted by Gasteiger charge is -2.35. The second-order valence-electron chi connectivity index (χ2n) is 6.14. The standard InChI is InChI=1S/C13H19ClN3O6P/c1-7(2)22-24(19)20-6-8-10(23-24)13(3,14)11(21-8)17-5-4-9(15)16-12(17)18/h4-5,7-8,10-11H,6H2,1-3H3,(H2,15,16,18)/t8-,10-,11-,13-,24-/m1/s1. The summed E-state index contributed by atoms with van der Waals surface area (Å²) in [5.74, 6) is 0.0948. The van der Waals surface area contributed by atoms with E-state index in [1.807, 2.05) is 0 Å². The van der Waals surface area contributed by atoms with Gasteiger partial charge in [-0.3, -0.25) is 18.1 Å². The molecule has 0 aliphatic carbocycles. The van der Waals surface area contributed by atoms with Gasteiger partial charge in [-0.15, -0.1) is 11.6 Å². The first-order chi connectivity index (χ1) is 11.1. The monoisotopic (exact) mass is 379 g/mol. The molecule has 0 unspecified atom stereocenters. The number of nitrogen functional groups attached to an aromatic ring is 1. The fourth-order valence-corrected chi connectivity index (χ4v) is 4.82. The van der Waals surface area contributed by atoms with Gasteiger partial charge in [0.05, 0.1) is 12.7 Å². The highest BCUT2D eigenvalue weighted by atomic mass is 35.5. The number of phosphoric acid groups is 1. The van der Waals surface area contributed by atoms with Gasteiger partial charge in [-0.2, -0.15) is 4.98 Å². The summed E-state index contributed by atoms with van der Waals surface area (Å²) in [6.07, 6.45) is -1.18. The number of nitrogens with zero attached hydrogens (tertiary/aromatic N) is 2. The number of anilines is 1. The number of fused-ring (bicyclic) bond motifs is 1. The van der Waals surface area contributed by atoms with Crippen LogP contribution in [0.4, 0.5) is 5.82 Å². The zero-order valence-corrected chi connectivity index (χ0v) is 15.1. The van der Waals surface area contributed by atoms with Gasteiger partial charge < -0.3 is 10.5 Å². The quantitative estimate of drug-likeness (QED) is 0.623. The Morgan fingerprint density at radius 2 is 2.29 bits per heavy atom. The van der Waals surface area contributed by atoms with Crippen molar-refractivity contribution in [2.24, 2.45) is 0 Å². The average molecular weight is 380 g/mol. The van der Waals surface area contributed by atoms with E-state index in [2.05, 4.69) is 4.98 Å². The molecule has 0 saturated carbocycles. The summed E-state index contributed by atoms with van der Waals surface area (Å²) in [7, 11) is -3.74. The fourth-order valence-electron chi connectivity index (χ4n) is 2.76. The summed E-state index contributed by atoms with van der Waals surface area (Å²) in [5.41, 5.74) is 4.89. The topological polar surface area (TPSA) is 115 Å². The van der Waals surface area contributed by atoms with E-state index < -0.39 is 36.8 Å². The molecule has 11 heteroatoms. The molecule has 1 aromatic heterocycles. The number of alkyl halides is 1. The third-order valence-electron chi connectivity index (χ3n) is 3.76. The van der Waals surface area contributed by atoms with Crippen LogP contribution in [0, 0.1) is 0 Å². The van der Waals surface area contributed by atoms with Crippen molar-refractivity contribution in [3.05, 3.63) is 22.7 Å². The molecule has 0 bridgehead atoms. The molecule has 3 heterocycles.